The Bertz CT molecular complexity index is 726. The van der Waals surface area contributed by atoms with Crippen molar-refractivity contribution < 1.29 is 8.42 Å². The number of imidazole rings is 1. The van der Waals surface area contributed by atoms with Crippen LogP contribution in [0.25, 0.3) is 5.65 Å². The Kier molecular flexibility index (Phi) is 3.22. The molecule has 0 aromatic carbocycles. The summed E-state index contributed by atoms with van der Waals surface area (Å²) >= 11 is 0. The summed E-state index contributed by atoms with van der Waals surface area (Å²) in [7, 11) is -2.97. The summed E-state index contributed by atoms with van der Waals surface area (Å²) in [5.74, 6) is 6.64. The van der Waals surface area contributed by atoms with E-state index >= 15 is 0 Å². The van der Waals surface area contributed by atoms with Crippen LogP contribution < -0.4 is 16.6 Å². The smallest absolute Gasteiger partial charge is 0.180 e. The van der Waals surface area contributed by atoms with Gasteiger partial charge in [-0.3, -0.25) is 0 Å². The van der Waals surface area contributed by atoms with Crippen LogP contribution in [0.5, 0.6) is 0 Å². The van der Waals surface area contributed by atoms with Crippen molar-refractivity contribution in [3.63, 3.8) is 0 Å². The summed E-state index contributed by atoms with van der Waals surface area (Å²) in [6, 6.07) is 0. The molecule has 1 fully saturated rings. The zero-order chi connectivity index (χ0) is 14.2. The highest BCUT2D eigenvalue weighted by Gasteiger charge is 2.31. The maximum atomic E-state index is 11.8. The fourth-order valence-electron chi connectivity index (χ4n) is 2.42. The summed E-state index contributed by atoms with van der Waals surface area (Å²) in [6.45, 7) is 0.339. The lowest BCUT2D eigenvalue weighted by Crippen LogP contribution is -2.25. The van der Waals surface area contributed by atoms with Crippen molar-refractivity contribution in [2.75, 3.05) is 23.0 Å². The molecule has 0 aliphatic carbocycles. The molecule has 9 heteroatoms. The number of hydrogen-bond donors (Lipinski definition) is 3. The highest BCUT2D eigenvalue weighted by Crippen LogP contribution is 2.22. The Labute approximate surface area is 116 Å². The van der Waals surface area contributed by atoms with E-state index in [1.807, 2.05) is 0 Å². The molecule has 1 unspecified atom stereocenters. The van der Waals surface area contributed by atoms with Crippen molar-refractivity contribution in [1.29, 1.82) is 0 Å². The van der Waals surface area contributed by atoms with Gasteiger partial charge >= 0.3 is 0 Å². The Morgan fingerprint density at radius 2 is 2.35 bits per heavy atom. The van der Waals surface area contributed by atoms with E-state index in [-0.39, 0.29) is 11.0 Å². The van der Waals surface area contributed by atoms with Crippen LogP contribution in [0.15, 0.2) is 18.6 Å². The number of hydrogen-bond acceptors (Lipinski definition) is 7. The van der Waals surface area contributed by atoms with Gasteiger partial charge in [-0.1, -0.05) is 0 Å². The molecule has 3 rings (SSSR count). The molecule has 1 saturated heterocycles. The van der Waals surface area contributed by atoms with Gasteiger partial charge < -0.3 is 15.1 Å². The molecule has 2 aromatic heterocycles. The maximum Gasteiger partial charge on any atom is 0.180 e. The minimum absolute atomic E-state index is 0.274. The molecule has 0 amide bonds. The van der Waals surface area contributed by atoms with Gasteiger partial charge in [0.25, 0.3) is 0 Å². The first-order valence-corrected chi connectivity index (χ1v) is 8.07. The lowest BCUT2D eigenvalue weighted by Gasteiger charge is -2.12. The molecule has 0 radical (unpaired) electrons. The van der Waals surface area contributed by atoms with Crippen LogP contribution in [0, 0.1) is 0 Å². The van der Waals surface area contributed by atoms with Gasteiger partial charge in [0.1, 0.15) is 0 Å². The standard InChI is InChI=1S/C11H16N6O2S/c12-16-9-7-17-4-3-13-11(17)10(15-9)14-6-8-2-1-5-20(8,18)19/h3-4,7-8,16H,1-2,5-6,12H2,(H,14,15). The summed E-state index contributed by atoms with van der Waals surface area (Å²) in [4.78, 5) is 8.47. The fourth-order valence-corrected chi connectivity index (χ4v) is 4.18. The average Bonchev–Trinajstić information content (AvgIpc) is 3.01. The lowest BCUT2D eigenvalue weighted by atomic mass is 10.2. The van der Waals surface area contributed by atoms with Crippen molar-refractivity contribution in [2.24, 2.45) is 5.84 Å². The molecule has 0 bridgehead atoms. The average molecular weight is 296 g/mol. The number of anilines is 2. The van der Waals surface area contributed by atoms with Crippen molar-refractivity contribution in [2.45, 2.75) is 18.1 Å². The molecule has 1 aliphatic heterocycles. The Morgan fingerprint density at radius 1 is 1.50 bits per heavy atom. The fraction of sp³-hybridized carbons (Fsp3) is 0.455. The number of hydrazine groups is 1. The Hall–Kier alpha value is -1.87. The Morgan fingerprint density at radius 3 is 3.05 bits per heavy atom. The predicted octanol–water partition coefficient (Wildman–Crippen LogP) is 0.00400. The molecule has 4 N–H and O–H groups in total. The van der Waals surface area contributed by atoms with Gasteiger partial charge in [-0.15, -0.1) is 0 Å². The second kappa shape index (κ2) is 4.91. The third kappa shape index (κ3) is 2.29. The zero-order valence-electron chi connectivity index (χ0n) is 10.8. The monoisotopic (exact) mass is 296 g/mol. The molecule has 108 valence electrons. The molecule has 0 spiro atoms. The van der Waals surface area contributed by atoms with E-state index in [1.165, 1.54) is 0 Å². The van der Waals surface area contributed by atoms with Gasteiger partial charge in [0.2, 0.25) is 0 Å². The van der Waals surface area contributed by atoms with Gasteiger partial charge in [-0.25, -0.2) is 24.2 Å². The van der Waals surface area contributed by atoms with E-state index in [4.69, 9.17) is 5.84 Å². The predicted molar refractivity (Wildman–Crippen MR) is 76.1 cm³/mol. The summed E-state index contributed by atoms with van der Waals surface area (Å²) in [6.07, 6.45) is 6.55. The van der Waals surface area contributed by atoms with Crippen LogP contribution in [0.4, 0.5) is 11.6 Å². The quantitative estimate of drug-likeness (QED) is 0.537. The van der Waals surface area contributed by atoms with E-state index < -0.39 is 9.84 Å². The normalized spacial score (nSPS) is 21.1. The van der Waals surface area contributed by atoms with Crippen molar-refractivity contribution in [3.05, 3.63) is 18.6 Å². The number of nitrogens with zero attached hydrogens (tertiary/aromatic N) is 3. The van der Waals surface area contributed by atoms with Gasteiger partial charge in [-0.2, -0.15) is 0 Å². The van der Waals surface area contributed by atoms with Gasteiger partial charge in [0.15, 0.2) is 27.1 Å². The summed E-state index contributed by atoms with van der Waals surface area (Å²) < 4.78 is 25.4. The molecule has 0 saturated carbocycles. The number of nitrogen functional groups attached to an aromatic ring is 1. The van der Waals surface area contributed by atoms with Crippen LogP contribution >= 0.6 is 0 Å². The van der Waals surface area contributed by atoms with Crippen LogP contribution in [-0.2, 0) is 9.84 Å². The minimum Gasteiger partial charge on any atom is -0.366 e. The number of rotatable bonds is 4. The van der Waals surface area contributed by atoms with E-state index in [2.05, 4.69) is 20.7 Å². The number of nitrogens with two attached hydrogens (primary N) is 1. The zero-order valence-corrected chi connectivity index (χ0v) is 11.6. The van der Waals surface area contributed by atoms with Crippen LogP contribution in [0.3, 0.4) is 0 Å². The van der Waals surface area contributed by atoms with Crippen LogP contribution in [0.1, 0.15) is 12.8 Å². The molecule has 1 aliphatic rings. The first-order chi connectivity index (χ1) is 9.60. The SMILES string of the molecule is NNc1cn2ccnc2c(NCC2CCCS2(=O)=O)n1. The third-order valence-corrected chi connectivity index (χ3v) is 5.76. The summed E-state index contributed by atoms with van der Waals surface area (Å²) in [5.41, 5.74) is 3.11. The van der Waals surface area contributed by atoms with Gasteiger partial charge in [0, 0.05) is 18.9 Å². The van der Waals surface area contributed by atoms with Crippen LogP contribution in [-0.4, -0.2) is 40.3 Å². The highest BCUT2D eigenvalue weighted by atomic mass is 32.2. The second-order valence-corrected chi connectivity index (χ2v) is 7.19. The molecular weight excluding hydrogens is 280 g/mol. The number of nitrogens with one attached hydrogen (secondary N) is 2. The van der Waals surface area contributed by atoms with Crippen LogP contribution in [0.2, 0.25) is 0 Å². The number of fused-ring (bicyclic) bond motifs is 1. The van der Waals surface area contributed by atoms with Gasteiger partial charge in [-0.05, 0) is 12.8 Å². The summed E-state index contributed by atoms with van der Waals surface area (Å²) in [5, 5.41) is 2.72. The third-order valence-electron chi connectivity index (χ3n) is 3.48. The lowest BCUT2D eigenvalue weighted by molar-refractivity contribution is 0.591. The molecular formula is C11H16N6O2S. The van der Waals surface area contributed by atoms with E-state index in [0.29, 0.717) is 30.2 Å². The van der Waals surface area contributed by atoms with Crippen molar-refractivity contribution in [1.82, 2.24) is 14.4 Å². The van der Waals surface area contributed by atoms with E-state index in [9.17, 15) is 8.42 Å². The number of aromatic nitrogens is 3. The first-order valence-electron chi connectivity index (χ1n) is 6.36. The first kappa shape index (κ1) is 13.1. The van der Waals surface area contributed by atoms with E-state index in [0.717, 1.165) is 6.42 Å². The molecule has 3 heterocycles. The van der Waals surface area contributed by atoms with E-state index in [1.54, 1.807) is 23.0 Å². The van der Waals surface area contributed by atoms with Gasteiger partial charge in [0.05, 0.1) is 17.2 Å². The largest absolute Gasteiger partial charge is 0.366 e. The number of sulfone groups is 1. The maximum absolute atomic E-state index is 11.8. The second-order valence-electron chi connectivity index (χ2n) is 4.79. The molecule has 1 atom stereocenters. The molecule has 8 nitrogen and oxygen atoms in total. The van der Waals surface area contributed by atoms with Crippen molar-refractivity contribution >= 4 is 27.1 Å². The van der Waals surface area contributed by atoms with Crippen molar-refractivity contribution in [3.8, 4) is 0 Å². The topological polar surface area (TPSA) is 114 Å². The Balaban J connectivity index is 1.85. The minimum atomic E-state index is -2.97. The molecule has 2 aromatic rings. The molecule has 20 heavy (non-hydrogen) atoms. The highest BCUT2D eigenvalue weighted by molar-refractivity contribution is 7.92.